The van der Waals surface area contributed by atoms with Gasteiger partial charge in [-0.1, -0.05) is 6.92 Å². The van der Waals surface area contributed by atoms with Crippen molar-refractivity contribution in [1.82, 2.24) is 10.2 Å². The molecule has 0 atom stereocenters. The number of benzene rings is 2. The van der Waals surface area contributed by atoms with Crippen LogP contribution in [-0.4, -0.2) is 55.2 Å². The summed E-state index contributed by atoms with van der Waals surface area (Å²) in [5, 5.41) is 9.14. The molecule has 0 aliphatic carbocycles. The second-order valence-electron chi connectivity index (χ2n) is 10.2. The Morgan fingerprint density at radius 3 is 2.36 bits per heavy atom. The minimum absolute atomic E-state index is 0.169. The van der Waals surface area contributed by atoms with Gasteiger partial charge in [-0.05, 0) is 77.4 Å². The van der Waals surface area contributed by atoms with Gasteiger partial charge in [-0.3, -0.25) is 14.6 Å². The van der Waals surface area contributed by atoms with Crippen molar-refractivity contribution >= 4 is 40.8 Å². The van der Waals surface area contributed by atoms with Crippen LogP contribution in [0.25, 0.3) is 5.70 Å². The van der Waals surface area contributed by atoms with Crippen molar-refractivity contribution < 1.29 is 18.7 Å². The Hall–Kier alpha value is -3.72. The molecule has 1 saturated heterocycles. The first-order valence-electron chi connectivity index (χ1n) is 13.4. The van der Waals surface area contributed by atoms with Gasteiger partial charge < -0.3 is 25.6 Å². The molecule has 8 nitrogen and oxygen atoms in total. The maximum absolute atomic E-state index is 15.5. The van der Waals surface area contributed by atoms with Crippen LogP contribution in [0.1, 0.15) is 59.4 Å². The van der Waals surface area contributed by atoms with Gasteiger partial charge in [-0.2, -0.15) is 0 Å². The number of allylic oxidation sites excluding steroid dienone is 1. The fourth-order valence-electron chi connectivity index (χ4n) is 4.32. The number of anilines is 2. The highest BCUT2D eigenvalue weighted by Gasteiger charge is 2.39. The van der Waals surface area contributed by atoms with Gasteiger partial charge >= 0.3 is 0 Å². The number of rotatable bonds is 12. The topological polar surface area (TPSA) is 95.1 Å². The Labute approximate surface area is 230 Å². The van der Waals surface area contributed by atoms with E-state index in [1.807, 2.05) is 34.7 Å². The lowest BCUT2D eigenvalue weighted by Crippen LogP contribution is -2.58. The molecule has 2 amide bonds. The van der Waals surface area contributed by atoms with Crippen LogP contribution in [0.4, 0.5) is 21.5 Å². The van der Waals surface area contributed by atoms with Gasteiger partial charge in [-0.15, -0.1) is 0 Å². The van der Waals surface area contributed by atoms with Crippen LogP contribution in [0.2, 0.25) is 0 Å². The van der Waals surface area contributed by atoms with Crippen LogP contribution < -0.4 is 20.7 Å². The number of likely N-dealkylation sites (N-methyl/N-ethyl adjacent to an activating group) is 1. The first-order valence-corrected chi connectivity index (χ1v) is 13.4. The SMILES string of the molecule is CC=Nc1cc(OCCNC)cc(F)c1C(Nc1ccc(NC(=O)CC(=O)N2CCC2(C)C)cc1)=C(C)CC. The Morgan fingerprint density at radius 2 is 1.82 bits per heavy atom. The van der Waals surface area contributed by atoms with Crippen molar-refractivity contribution in [2.75, 3.05) is 37.4 Å². The predicted molar refractivity (Wildman–Crippen MR) is 156 cm³/mol. The standard InChI is InChI=1S/C30H40FN5O3/c1-7-20(3)29(28-24(31)17-23(39-16-14-32-6)18-25(28)33-8-2)35-22-11-9-21(10-12-22)34-26(37)19-27(38)36-15-13-30(36,4)5/h8-12,17-18,32,35H,7,13-16,19H2,1-6H3,(H,34,37). The summed E-state index contributed by atoms with van der Waals surface area (Å²) in [7, 11) is 1.83. The zero-order valence-electron chi connectivity index (χ0n) is 23.8. The van der Waals surface area contributed by atoms with Crippen LogP contribution in [0.15, 0.2) is 47.0 Å². The van der Waals surface area contributed by atoms with Crippen LogP contribution >= 0.6 is 0 Å². The molecular weight excluding hydrogens is 497 g/mol. The number of carbonyl (C=O) groups is 2. The van der Waals surface area contributed by atoms with Gasteiger partial charge in [0.05, 0.1) is 11.3 Å². The van der Waals surface area contributed by atoms with E-state index in [1.165, 1.54) is 6.07 Å². The van der Waals surface area contributed by atoms with Crippen molar-refractivity contribution in [2.45, 2.75) is 59.4 Å². The van der Waals surface area contributed by atoms with E-state index in [0.717, 1.165) is 17.7 Å². The van der Waals surface area contributed by atoms with E-state index in [1.54, 1.807) is 48.4 Å². The molecular formula is C30H40FN5O3. The Bertz CT molecular complexity index is 1240. The molecule has 2 aromatic rings. The molecule has 210 valence electrons. The molecule has 0 radical (unpaired) electrons. The van der Waals surface area contributed by atoms with E-state index in [4.69, 9.17) is 4.74 Å². The molecule has 0 unspecified atom stereocenters. The van der Waals surface area contributed by atoms with Crippen molar-refractivity contribution in [2.24, 2.45) is 4.99 Å². The van der Waals surface area contributed by atoms with Crippen molar-refractivity contribution in [1.29, 1.82) is 0 Å². The van der Waals surface area contributed by atoms with E-state index in [9.17, 15) is 9.59 Å². The molecule has 1 aliphatic heterocycles. The zero-order chi connectivity index (χ0) is 28.6. The van der Waals surface area contributed by atoms with Gasteiger partial charge in [0, 0.05) is 54.0 Å². The molecule has 3 N–H and O–H groups in total. The largest absolute Gasteiger partial charge is 0.492 e. The number of likely N-dealkylation sites (tertiary alicyclic amines) is 1. The molecule has 0 bridgehead atoms. The molecule has 9 heteroatoms. The molecule has 1 aliphatic rings. The van der Waals surface area contributed by atoms with Crippen LogP contribution in [0.5, 0.6) is 5.75 Å². The molecule has 0 spiro atoms. The Balaban J connectivity index is 1.77. The lowest BCUT2D eigenvalue weighted by molar-refractivity contribution is -0.146. The van der Waals surface area contributed by atoms with Gasteiger partial charge in [0.25, 0.3) is 0 Å². The highest BCUT2D eigenvalue weighted by atomic mass is 19.1. The summed E-state index contributed by atoms with van der Waals surface area (Å²) in [6.07, 6.45) is 3.07. The van der Waals surface area contributed by atoms with E-state index < -0.39 is 5.82 Å². The highest BCUT2D eigenvalue weighted by molar-refractivity contribution is 6.04. The number of nitrogens with zero attached hydrogens (tertiary/aromatic N) is 2. The average Bonchev–Trinajstić information content (AvgIpc) is 2.88. The smallest absolute Gasteiger partial charge is 0.233 e. The van der Waals surface area contributed by atoms with Crippen LogP contribution in [0.3, 0.4) is 0 Å². The number of halogens is 1. The van der Waals surface area contributed by atoms with E-state index in [0.29, 0.717) is 54.5 Å². The first kappa shape index (κ1) is 29.8. The summed E-state index contributed by atoms with van der Waals surface area (Å²) in [6.45, 7) is 11.5. The van der Waals surface area contributed by atoms with Crippen LogP contribution in [-0.2, 0) is 9.59 Å². The molecule has 3 rings (SSSR count). The summed E-state index contributed by atoms with van der Waals surface area (Å²) in [6, 6.07) is 10.2. The summed E-state index contributed by atoms with van der Waals surface area (Å²) in [5.41, 5.74) is 3.50. The number of aliphatic imine (C=N–C) groups is 1. The van der Waals surface area contributed by atoms with Gasteiger partial charge in [0.2, 0.25) is 11.8 Å². The summed E-state index contributed by atoms with van der Waals surface area (Å²) in [5.74, 6) is -0.548. The van der Waals surface area contributed by atoms with E-state index >= 15 is 4.39 Å². The Kier molecular flexibility index (Phi) is 10.2. The van der Waals surface area contributed by atoms with E-state index in [-0.39, 0.29) is 23.8 Å². The molecule has 0 saturated carbocycles. The highest BCUT2D eigenvalue weighted by Crippen LogP contribution is 2.36. The predicted octanol–water partition coefficient (Wildman–Crippen LogP) is 5.74. The number of hydrogen-bond donors (Lipinski definition) is 3. The number of amides is 2. The third-order valence-electron chi connectivity index (χ3n) is 6.87. The molecule has 2 aromatic carbocycles. The number of ether oxygens (including phenoxy) is 1. The first-order chi connectivity index (χ1) is 18.6. The minimum Gasteiger partial charge on any atom is -0.492 e. The van der Waals surface area contributed by atoms with Crippen molar-refractivity contribution in [3.63, 3.8) is 0 Å². The maximum atomic E-state index is 15.5. The van der Waals surface area contributed by atoms with Gasteiger partial charge in [0.15, 0.2) is 0 Å². The average molecular weight is 538 g/mol. The molecule has 39 heavy (non-hydrogen) atoms. The quantitative estimate of drug-likeness (QED) is 0.182. The lowest BCUT2D eigenvalue weighted by Gasteiger charge is -2.48. The van der Waals surface area contributed by atoms with E-state index in [2.05, 4.69) is 20.9 Å². The molecule has 0 aromatic heterocycles. The minimum atomic E-state index is -0.438. The van der Waals surface area contributed by atoms with Crippen molar-refractivity contribution in [3.8, 4) is 5.75 Å². The van der Waals surface area contributed by atoms with Gasteiger partial charge in [0.1, 0.15) is 24.6 Å². The lowest BCUT2D eigenvalue weighted by atomic mass is 9.88. The third kappa shape index (κ3) is 7.66. The fourth-order valence-corrected chi connectivity index (χ4v) is 4.32. The summed E-state index contributed by atoms with van der Waals surface area (Å²) >= 11 is 0. The number of nitrogens with one attached hydrogen (secondary N) is 3. The normalized spacial score (nSPS) is 15.0. The maximum Gasteiger partial charge on any atom is 0.233 e. The summed E-state index contributed by atoms with van der Waals surface area (Å²) in [4.78, 5) is 31.0. The monoisotopic (exact) mass is 537 g/mol. The third-order valence-corrected chi connectivity index (χ3v) is 6.87. The second-order valence-corrected chi connectivity index (χ2v) is 10.2. The van der Waals surface area contributed by atoms with Crippen LogP contribution in [0, 0.1) is 5.82 Å². The fraction of sp³-hybridized carbons (Fsp3) is 0.433. The second kappa shape index (κ2) is 13.4. The summed E-state index contributed by atoms with van der Waals surface area (Å²) < 4.78 is 21.2. The zero-order valence-corrected chi connectivity index (χ0v) is 23.8. The molecule has 1 heterocycles. The van der Waals surface area contributed by atoms with Crippen molar-refractivity contribution in [3.05, 3.63) is 53.4 Å². The molecule has 1 fully saturated rings. The number of hydrogen-bond acceptors (Lipinski definition) is 6. The van der Waals surface area contributed by atoms with Gasteiger partial charge in [-0.25, -0.2) is 4.39 Å². The number of carbonyl (C=O) groups excluding carboxylic acids is 2. The Morgan fingerprint density at radius 1 is 1.15 bits per heavy atom.